The molecular weight excluding hydrogens is 417 g/mol. The Hall–Kier alpha value is -0.0800. The lowest BCUT2D eigenvalue weighted by Crippen LogP contribution is -2.42. The minimum Gasteiger partial charge on any atom is -0.381 e. The second kappa shape index (κ2) is 15.2. The van der Waals surface area contributed by atoms with Gasteiger partial charge in [0.1, 0.15) is 0 Å². The van der Waals surface area contributed by atoms with Gasteiger partial charge in [-0.1, -0.05) is 13.8 Å². The SMILES string of the molecule is CN=C(NCCCOCC1CCOCC1)NC(C)CCC(C)C.I. The molecule has 1 unspecified atom stereocenters. The van der Waals surface area contributed by atoms with E-state index in [2.05, 4.69) is 36.4 Å². The molecule has 0 aromatic heterocycles. The lowest BCUT2D eigenvalue weighted by atomic mass is 10.0. The molecule has 1 aliphatic rings. The van der Waals surface area contributed by atoms with Gasteiger partial charge in [0.05, 0.1) is 0 Å². The van der Waals surface area contributed by atoms with Gasteiger partial charge >= 0.3 is 0 Å². The van der Waals surface area contributed by atoms with E-state index in [4.69, 9.17) is 9.47 Å². The van der Waals surface area contributed by atoms with Crippen LogP contribution < -0.4 is 10.6 Å². The molecule has 0 bridgehead atoms. The molecular formula is C18H38IN3O2. The summed E-state index contributed by atoms with van der Waals surface area (Å²) in [6.45, 7) is 11.1. The molecule has 0 spiro atoms. The Morgan fingerprint density at radius 1 is 1.21 bits per heavy atom. The predicted octanol–water partition coefficient (Wildman–Crippen LogP) is 3.43. The van der Waals surface area contributed by atoms with Crippen LogP contribution in [0.1, 0.15) is 52.9 Å². The zero-order valence-corrected chi connectivity index (χ0v) is 18.3. The summed E-state index contributed by atoms with van der Waals surface area (Å²) < 4.78 is 11.1. The normalized spacial score (nSPS) is 17.5. The zero-order valence-electron chi connectivity index (χ0n) is 16.0. The smallest absolute Gasteiger partial charge is 0.191 e. The topological polar surface area (TPSA) is 54.9 Å². The third-order valence-corrected chi connectivity index (χ3v) is 4.24. The Kier molecular flexibility index (Phi) is 15.1. The molecule has 1 atom stereocenters. The van der Waals surface area contributed by atoms with Crippen molar-refractivity contribution >= 4 is 29.9 Å². The molecule has 144 valence electrons. The van der Waals surface area contributed by atoms with E-state index in [0.717, 1.165) is 64.1 Å². The average molecular weight is 455 g/mol. The maximum atomic E-state index is 5.78. The van der Waals surface area contributed by atoms with Crippen LogP contribution in [-0.4, -0.2) is 52.0 Å². The van der Waals surface area contributed by atoms with E-state index in [1.165, 1.54) is 12.8 Å². The lowest BCUT2D eigenvalue weighted by molar-refractivity contribution is 0.0203. The van der Waals surface area contributed by atoms with Crippen LogP contribution in [0.4, 0.5) is 0 Å². The first-order chi connectivity index (χ1) is 11.1. The van der Waals surface area contributed by atoms with E-state index >= 15 is 0 Å². The predicted molar refractivity (Wildman–Crippen MR) is 112 cm³/mol. The summed E-state index contributed by atoms with van der Waals surface area (Å²) in [7, 11) is 1.83. The van der Waals surface area contributed by atoms with E-state index in [9.17, 15) is 0 Å². The number of rotatable bonds is 10. The highest BCUT2D eigenvalue weighted by Gasteiger charge is 2.13. The Balaban J connectivity index is 0.00000529. The summed E-state index contributed by atoms with van der Waals surface area (Å²) in [4.78, 5) is 4.29. The summed E-state index contributed by atoms with van der Waals surface area (Å²) in [5.74, 6) is 2.33. The fourth-order valence-electron chi connectivity index (χ4n) is 2.63. The van der Waals surface area contributed by atoms with Gasteiger partial charge in [0.2, 0.25) is 0 Å². The summed E-state index contributed by atoms with van der Waals surface area (Å²) in [6.07, 6.45) is 5.70. The van der Waals surface area contributed by atoms with Crippen LogP contribution in [-0.2, 0) is 9.47 Å². The maximum Gasteiger partial charge on any atom is 0.191 e. The average Bonchev–Trinajstić information content (AvgIpc) is 2.55. The lowest BCUT2D eigenvalue weighted by Gasteiger charge is -2.22. The number of hydrogen-bond acceptors (Lipinski definition) is 3. The molecule has 1 rings (SSSR count). The zero-order chi connectivity index (χ0) is 16.9. The van der Waals surface area contributed by atoms with Crippen molar-refractivity contribution in [3.05, 3.63) is 0 Å². The molecule has 5 nitrogen and oxygen atoms in total. The maximum absolute atomic E-state index is 5.78. The summed E-state index contributed by atoms with van der Waals surface area (Å²) >= 11 is 0. The Labute approximate surface area is 165 Å². The van der Waals surface area contributed by atoms with Crippen molar-refractivity contribution in [2.75, 3.05) is 40.0 Å². The Morgan fingerprint density at radius 3 is 2.54 bits per heavy atom. The number of nitrogens with one attached hydrogen (secondary N) is 2. The monoisotopic (exact) mass is 455 g/mol. The molecule has 0 aromatic rings. The van der Waals surface area contributed by atoms with E-state index in [0.29, 0.717) is 12.0 Å². The van der Waals surface area contributed by atoms with Gasteiger partial charge in [-0.3, -0.25) is 4.99 Å². The number of hydrogen-bond donors (Lipinski definition) is 2. The summed E-state index contributed by atoms with van der Waals surface area (Å²) in [6, 6.07) is 0.452. The molecule has 2 N–H and O–H groups in total. The van der Waals surface area contributed by atoms with Crippen LogP contribution in [0.2, 0.25) is 0 Å². The molecule has 0 aliphatic carbocycles. The molecule has 1 saturated heterocycles. The molecule has 0 saturated carbocycles. The largest absolute Gasteiger partial charge is 0.381 e. The highest BCUT2D eigenvalue weighted by atomic mass is 127. The van der Waals surface area contributed by atoms with E-state index in [1.54, 1.807) is 0 Å². The van der Waals surface area contributed by atoms with Gasteiger partial charge in [-0.15, -0.1) is 24.0 Å². The molecule has 0 radical (unpaired) electrons. The first kappa shape index (κ1) is 23.9. The van der Waals surface area contributed by atoms with Gasteiger partial charge < -0.3 is 20.1 Å². The second-order valence-corrected chi connectivity index (χ2v) is 7.00. The van der Waals surface area contributed by atoms with Crippen molar-refractivity contribution in [1.29, 1.82) is 0 Å². The van der Waals surface area contributed by atoms with Crippen molar-refractivity contribution in [2.45, 2.75) is 58.9 Å². The van der Waals surface area contributed by atoms with Crippen LogP contribution >= 0.6 is 24.0 Å². The number of aliphatic imine (C=N–C) groups is 1. The molecule has 0 aromatic carbocycles. The van der Waals surface area contributed by atoms with Crippen LogP contribution in [0.15, 0.2) is 4.99 Å². The van der Waals surface area contributed by atoms with E-state index in [1.807, 2.05) is 7.05 Å². The van der Waals surface area contributed by atoms with Gasteiger partial charge in [0, 0.05) is 46.1 Å². The first-order valence-corrected chi connectivity index (χ1v) is 9.24. The van der Waals surface area contributed by atoms with Crippen molar-refractivity contribution < 1.29 is 9.47 Å². The number of guanidine groups is 1. The Morgan fingerprint density at radius 2 is 1.92 bits per heavy atom. The molecule has 24 heavy (non-hydrogen) atoms. The second-order valence-electron chi connectivity index (χ2n) is 7.00. The van der Waals surface area contributed by atoms with E-state index in [-0.39, 0.29) is 24.0 Å². The van der Waals surface area contributed by atoms with Gasteiger partial charge in [0.25, 0.3) is 0 Å². The van der Waals surface area contributed by atoms with Crippen LogP contribution in [0.25, 0.3) is 0 Å². The van der Waals surface area contributed by atoms with Crippen molar-refractivity contribution in [2.24, 2.45) is 16.8 Å². The molecule has 1 fully saturated rings. The highest BCUT2D eigenvalue weighted by molar-refractivity contribution is 14.0. The Bertz CT molecular complexity index is 321. The third kappa shape index (κ3) is 12.3. The molecule has 1 heterocycles. The number of halogens is 1. The van der Waals surface area contributed by atoms with Crippen molar-refractivity contribution in [3.8, 4) is 0 Å². The fourth-order valence-corrected chi connectivity index (χ4v) is 2.63. The molecule has 1 aliphatic heterocycles. The molecule has 6 heteroatoms. The minimum absolute atomic E-state index is 0. The quantitative estimate of drug-likeness (QED) is 0.229. The van der Waals surface area contributed by atoms with Gasteiger partial charge in [0.15, 0.2) is 5.96 Å². The summed E-state index contributed by atoms with van der Waals surface area (Å²) in [5.41, 5.74) is 0. The van der Waals surface area contributed by atoms with Crippen LogP contribution in [0, 0.1) is 11.8 Å². The van der Waals surface area contributed by atoms with Crippen molar-refractivity contribution in [3.63, 3.8) is 0 Å². The van der Waals surface area contributed by atoms with E-state index < -0.39 is 0 Å². The molecule has 0 amide bonds. The highest BCUT2D eigenvalue weighted by Crippen LogP contribution is 2.14. The number of ether oxygens (including phenoxy) is 2. The van der Waals surface area contributed by atoms with Gasteiger partial charge in [-0.2, -0.15) is 0 Å². The third-order valence-electron chi connectivity index (χ3n) is 4.24. The standard InChI is InChI=1S/C18H37N3O2.HI/c1-15(2)6-7-16(3)21-18(19-4)20-10-5-11-23-14-17-8-12-22-13-9-17;/h15-17H,5-14H2,1-4H3,(H2,19,20,21);1H. The van der Waals surface area contributed by atoms with Crippen LogP contribution in [0.3, 0.4) is 0 Å². The minimum atomic E-state index is 0. The summed E-state index contributed by atoms with van der Waals surface area (Å²) in [5, 5.41) is 6.81. The van der Waals surface area contributed by atoms with Crippen LogP contribution in [0.5, 0.6) is 0 Å². The van der Waals surface area contributed by atoms with Crippen molar-refractivity contribution in [1.82, 2.24) is 10.6 Å². The fraction of sp³-hybridized carbons (Fsp3) is 0.944. The van der Waals surface area contributed by atoms with Gasteiger partial charge in [-0.05, 0) is 50.9 Å². The van der Waals surface area contributed by atoms with Gasteiger partial charge in [-0.25, -0.2) is 0 Å². The number of nitrogens with zero attached hydrogens (tertiary/aromatic N) is 1. The first-order valence-electron chi connectivity index (χ1n) is 9.24.